The maximum atomic E-state index is 13.3. The Kier molecular flexibility index (Phi) is 4.52. The van der Waals surface area contributed by atoms with Gasteiger partial charge < -0.3 is 15.5 Å². The van der Waals surface area contributed by atoms with Gasteiger partial charge in [0.25, 0.3) is 5.91 Å². The van der Waals surface area contributed by atoms with Crippen LogP contribution in [0, 0.1) is 12.7 Å². The Hall–Kier alpha value is -2.47. The average molecular weight is 314 g/mol. The van der Waals surface area contributed by atoms with Crippen LogP contribution in [0.3, 0.4) is 0 Å². The zero-order chi connectivity index (χ0) is 16.2. The molecular weight excluding hydrogens is 295 g/mol. The minimum atomic E-state index is -0.428. The number of piperazine rings is 1. The molecule has 0 aliphatic carbocycles. The summed E-state index contributed by atoms with van der Waals surface area (Å²) in [6.45, 7) is 5.57. The highest BCUT2D eigenvalue weighted by atomic mass is 19.1. The Bertz CT molecular complexity index is 696. The Morgan fingerprint density at radius 1 is 1.26 bits per heavy atom. The average Bonchev–Trinajstić information content (AvgIpc) is 2.58. The predicted molar refractivity (Wildman–Crippen MR) is 88.4 cm³/mol. The number of benzene rings is 1. The van der Waals surface area contributed by atoms with Crippen molar-refractivity contribution in [1.29, 1.82) is 0 Å². The minimum absolute atomic E-state index is 0.318. The highest BCUT2D eigenvalue weighted by Crippen LogP contribution is 2.17. The molecule has 3 rings (SSSR count). The first kappa shape index (κ1) is 15.4. The molecule has 23 heavy (non-hydrogen) atoms. The zero-order valence-electron chi connectivity index (χ0n) is 13.0. The number of aryl methyl sites for hydroxylation is 1. The second-order valence-electron chi connectivity index (χ2n) is 5.55. The Morgan fingerprint density at radius 3 is 2.74 bits per heavy atom. The van der Waals surface area contributed by atoms with Crippen molar-refractivity contribution in [3.05, 3.63) is 53.5 Å². The summed E-state index contributed by atoms with van der Waals surface area (Å²) in [7, 11) is 0. The molecule has 0 spiro atoms. The molecule has 0 atom stereocenters. The smallest absolute Gasteiger partial charge is 0.257 e. The quantitative estimate of drug-likeness (QED) is 0.912. The molecule has 1 aromatic carbocycles. The highest BCUT2D eigenvalue weighted by molar-refractivity contribution is 6.04. The lowest BCUT2D eigenvalue weighted by Gasteiger charge is -2.29. The van der Waals surface area contributed by atoms with E-state index in [1.165, 1.54) is 12.1 Å². The number of carbonyl (C=O) groups is 1. The number of hydrogen-bond donors (Lipinski definition) is 2. The van der Waals surface area contributed by atoms with E-state index in [0.29, 0.717) is 11.4 Å². The van der Waals surface area contributed by atoms with E-state index in [1.54, 1.807) is 25.3 Å². The standard InChI is InChI=1S/C17H19FN4O/c1-12-2-3-13(18)10-15(12)17(23)21-16-5-4-14(11-20-16)22-8-6-19-7-9-22/h2-5,10-11,19H,6-9H2,1H3,(H,20,21,23). The van der Waals surface area contributed by atoms with E-state index >= 15 is 0 Å². The Balaban J connectivity index is 1.70. The molecule has 0 radical (unpaired) electrons. The SMILES string of the molecule is Cc1ccc(F)cc1C(=O)Nc1ccc(N2CCNCC2)cn1. The summed E-state index contributed by atoms with van der Waals surface area (Å²) in [6.07, 6.45) is 1.75. The number of hydrogen-bond acceptors (Lipinski definition) is 4. The number of rotatable bonds is 3. The zero-order valence-corrected chi connectivity index (χ0v) is 13.0. The van der Waals surface area contributed by atoms with Crippen LogP contribution in [0.1, 0.15) is 15.9 Å². The summed E-state index contributed by atoms with van der Waals surface area (Å²) in [5.41, 5.74) is 2.07. The fourth-order valence-electron chi connectivity index (χ4n) is 2.59. The van der Waals surface area contributed by atoms with Gasteiger partial charge in [0.1, 0.15) is 11.6 Å². The third kappa shape index (κ3) is 3.65. The van der Waals surface area contributed by atoms with Crippen LogP contribution in [0.15, 0.2) is 36.5 Å². The molecule has 1 aliphatic rings. The highest BCUT2D eigenvalue weighted by Gasteiger charge is 2.13. The van der Waals surface area contributed by atoms with E-state index in [4.69, 9.17) is 0 Å². The lowest BCUT2D eigenvalue weighted by atomic mass is 10.1. The van der Waals surface area contributed by atoms with Crippen molar-refractivity contribution in [3.63, 3.8) is 0 Å². The second-order valence-corrected chi connectivity index (χ2v) is 5.55. The Labute approximate surface area is 134 Å². The summed E-state index contributed by atoms with van der Waals surface area (Å²) in [6, 6.07) is 7.87. The monoisotopic (exact) mass is 314 g/mol. The van der Waals surface area contributed by atoms with Crippen LogP contribution in [-0.2, 0) is 0 Å². The molecular formula is C17H19FN4O. The number of aromatic nitrogens is 1. The molecule has 1 aromatic heterocycles. The molecule has 0 unspecified atom stereocenters. The number of halogens is 1. The molecule has 1 aliphatic heterocycles. The lowest BCUT2D eigenvalue weighted by Crippen LogP contribution is -2.43. The van der Waals surface area contributed by atoms with Crippen molar-refractivity contribution in [2.24, 2.45) is 0 Å². The lowest BCUT2D eigenvalue weighted by molar-refractivity contribution is 0.102. The van der Waals surface area contributed by atoms with Gasteiger partial charge in [-0.3, -0.25) is 4.79 Å². The number of carbonyl (C=O) groups excluding carboxylic acids is 1. The van der Waals surface area contributed by atoms with Gasteiger partial charge in [0.05, 0.1) is 11.9 Å². The number of anilines is 2. The van der Waals surface area contributed by atoms with Crippen molar-refractivity contribution >= 4 is 17.4 Å². The normalized spacial score (nSPS) is 14.6. The van der Waals surface area contributed by atoms with Gasteiger partial charge in [-0.05, 0) is 36.8 Å². The van der Waals surface area contributed by atoms with Gasteiger partial charge in [0.15, 0.2) is 0 Å². The summed E-state index contributed by atoms with van der Waals surface area (Å²) in [5.74, 6) is -0.329. The van der Waals surface area contributed by atoms with E-state index in [9.17, 15) is 9.18 Å². The molecule has 1 fully saturated rings. The molecule has 2 heterocycles. The van der Waals surface area contributed by atoms with Crippen molar-refractivity contribution in [2.75, 3.05) is 36.4 Å². The molecule has 6 heteroatoms. The van der Waals surface area contributed by atoms with Crippen LogP contribution in [-0.4, -0.2) is 37.1 Å². The number of amides is 1. The molecule has 2 N–H and O–H groups in total. The maximum Gasteiger partial charge on any atom is 0.257 e. The van der Waals surface area contributed by atoms with Gasteiger partial charge in [-0.15, -0.1) is 0 Å². The van der Waals surface area contributed by atoms with Crippen molar-refractivity contribution in [2.45, 2.75) is 6.92 Å². The molecule has 0 bridgehead atoms. The number of nitrogens with zero attached hydrogens (tertiary/aromatic N) is 2. The molecule has 120 valence electrons. The topological polar surface area (TPSA) is 57.3 Å². The molecule has 2 aromatic rings. The van der Waals surface area contributed by atoms with Crippen LogP contribution in [0.4, 0.5) is 15.9 Å². The summed E-state index contributed by atoms with van der Waals surface area (Å²) in [4.78, 5) is 18.8. The molecule has 0 saturated carbocycles. The van der Waals surface area contributed by atoms with E-state index in [0.717, 1.165) is 37.4 Å². The number of nitrogens with one attached hydrogen (secondary N) is 2. The first-order valence-electron chi connectivity index (χ1n) is 7.63. The van der Waals surface area contributed by atoms with Crippen LogP contribution in [0.25, 0.3) is 0 Å². The fourth-order valence-corrected chi connectivity index (χ4v) is 2.59. The van der Waals surface area contributed by atoms with E-state index < -0.39 is 5.82 Å². The van der Waals surface area contributed by atoms with Crippen LogP contribution in [0.5, 0.6) is 0 Å². The van der Waals surface area contributed by atoms with Gasteiger partial charge in [0, 0.05) is 31.7 Å². The fraction of sp³-hybridized carbons (Fsp3) is 0.294. The van der Waals surface area contributed by atoms with Gasteiger partial charge in [-0.1, -0.05) is 6.07 Å². The van der Waals surface area contributed by atoms with E-state index in [2.05, 4.69) is 20.5 Å². The third-order valence-corrected chi connectivity index (χ3v) is 3.92. The first-order valence-corrected chi connectivity index (χ1v) is 7.63. The van der Waals surface area contributed by atoms with Crippen molar-refractivity contribution < 1.29 is 9.18 Å². The van der Waals surface area contributed by atoms with Gasteiger partial charge in [-0.25, -0.2) is 9.37 Å². The predicted octanol–water partition coefficient (Wildman–Crippen LogP) is 2.19. The van der Waals surface area contributed by atoms with Crippen LogP contribution < -0.4 is 15.5 Å². The van der Waals surface area contributed by atoms with E-state index in [1.807, 2.05) is 6.07 Å². The van der Waals surface area contributed by atoms with Gasteiger partial charge >= 0.3 is 0 Å². The third-order valence-electron chi connectivity index (χ3n) is 3.92. The van der Waals surface area contributed by atoms with Crippen molar-refractivity contribution in [1.82, 2.24) is 10.3 Å². The van der Waals surface area contributed by atoms with Crippen molar-refractivity contribution in [3.8, 4) is 0 Å². The molecule has 1 saturated heterocycles. The largest absolute Gasteiger partial charge is 0.368 e. The Morgan fingerprint density at radius 2 is 2.04 bits per heavy atom. The number of pyridine rings is 1. The molecule has 5 nitrogen and oxygen atoms in total. The van der Waals surface area contributed by atoms with Gasteiger partial charge in [0.2, 0.25) is 0 Å². The summed E-state index contributed by atoms with van der Waals surface area (Å²) < 4.78 is 13.3. The minimum Gasteiger partial charge on any atom is -0.368 e. The summed E-state index contributed by atoms with van der Waals surface area (Å²) >= 11 is 0. The summed E-state index contributed by atoms with van der Waals surface area (Å²) in [5, 5.41) is 6.01. The molecule has 1 amide bonds. The van der Waals surface area contributed by atoms with E-state index in [-0.39, 0.29) is 5.91 Å². The second kappa shape index (κ2) is 6.75. The van der Waals surface area contributed by atoms with Crippen LogP contribution in [0.2, 0.25) is 0 Å². The van der Waals surface area contributed by atoms with Gasteiger partial charge in [-0.2, -0.15) is 0 Å². The van der Waals surface area contributed by atoms with Crippen LogP contribution >= 0.6 is 0 Å². The first-order chi connectivity index (χ1) is 11.1. The maximum absolute atomic E-state index is 13.3.